The average Bonchev–Trinajstić information content (AvgIpc) is 3.41. The first-order valence-corrected chi connectivity index (χ1v) is 13.7. The number of aromatic nitrogens is 1. The highest BCUT2D eigenvalue weighted by molar-refractivity contribution is 7.17. The summed E-state index contributed by atoms with van der Waals surface area (Å²) in [6.07, 6.45) is 1.81. The van der Waals surface area contributed by atoms with E-state index in [1.165, 1.54) is 21.1 Å². The minimum atomic E-state index is -0.589. The van der Waals surface area contributed by atoms with Gasteiger partial charge in [0, 0.05) is 54.1 Å². The van der Waals surface area contributed by atoms with E-state index in [2.05, 4.69) is 40.3 Å². The van der Waals surface area contributed by atoms with Crippen LogP contribution in [0.25, 0.3) is 21.0 Å². The summed E-state index contributed by atoms with van der Waals surface area (Å²) in [6.45, 7) is 2.61. The molecule has 0 spiro atoms. The summed E-state index contributed by atoms with van der Waals surface area (Å²) in [5.74, 6) is 0.570. The average molecular weight is 539 g/mol. The summed E-state index contributed by atoms with van der Waals surface area (Å²) < 4.78 is 8.25. The van der Waals surface area contributed by atoms with Crippen LogP contribution in [-0.4, -0.2) is 78.3 Å². The lowest BCUT2D eigenvalue weighted by Gasteiger charge is -2.22. The van der Waals surface area contributed by atoms with E-state index >= 15 is 0 Å². The van der Waals surface area contributed by atoms with Crippen molar-refractivity contribution in [3.8, 4) is 5.75 Å². The van der Waals surface area contributed by atoms with Gasteiger partial charge in [0.25, 0.3) is 5.56 Å². The molecule has 4 N–H and O–H groups in total. The van der Waals surface area contributed by atoms with E-state index in [0.717, 1.165) is 42.7 Å². The van der Waals surface area contributed by atoms with Crippen LogP contribution < -0.4 is 20.9 Å². The molecule has 9 nitrogen and oxygen atoms in total. The lowest BCUT2D eigenvalue weighted by Crippen LogP contribution is -2.42. The lowest BCUT2D eigenvalue weighted by molar-refractivity contribution is 0.159. The Labute approximate surface area is 225 Å². The van der Waals surface area contributed by atoms with Gasteiger partial charge in [-0.25, -0.2) is 9.36 Å². The Morgan fingerprint density at radius 1 is 0.974 bits per heavy atom. The highest BCUT2D eigenvalue weighted by Crippen LogP contribution is 2.27. The Hall–Kier alpha value is -3.44. The fraction of sp³-hybridized carbons (Fsp3) is 0.357. The third-order valence-corrected chi connectivity index (χ3v) is 7.08. The first kappa shape index (κ1) is 27.6. The zero-order valence-corrected chi connectivity index (χ0v) is 22.1. The molecule has 4 aromatic rings. The van der Waals surface area contributed by atoms with E-state index in [-0.39, 0.29) is 26.3 Å². The van der Waals surface area contributed by atoms with Gasteiger partial charge >= 0.3 is 6.03 Å². The maximum Gasteiger partial charge on any atom is 0.331 e. The number of aliphatic hydroxyl groups excluding tert-OH is 2. The Balaban J connectivity index is 1.24. The van der Waals surface area contributed by atoms with Crippen LogP contribution in [0.2, 0.25) is 0 Å². The number of carbonyl (C=O) groups is 1. The third-order valence-electron chi connectivity index (χ3n) is 6.20. The van der Waals surface area contributed by atoms with Gasteiger partial charge in [-0.05, 0) is 66.6 Å². The highest BCUT2D eigenvalue weighted by Gasteiger charge is 2.18. The largest absolute Gasteiger partial charge is 0.494 e. The maximum absolute atomic E-state index is 13.0. The summed E-state index contributed by atoms with van der Waals surface area (Å²) in [5.41, 5.74) is 1.11. The Kier molecular flexibility index (Phi) is 10.1. The van der Waals surface area contributed by atoms with Gasteiger partial charge in [-0.15, -0.1) is 11.3 Å². The van der Waals surface area contributed by atoms with Crippen molar-refractivity contribution in [2.75, 3.05) is 57.9 Å². The van der Waals surface area contributed by atoms with Crippen LogP contribution in [0.1, 0.15) is 12.8 Å². The number of fused-ring (bicyclic) bond motifs is 2. The second-order valence-electron chi connectivity index (χ2n) is 8.81. The van der Waals surface area contributed by atoms with Gasteiger partial charge in [0.2, 0.25) is 0 Å². The van der Waals surface area contributed by atoms with E-state index < -0.39 is 11.6 Å². The maximum atomic E-state index is 13.0. The first-order chi connectivity index (χ1) is 18.6. The minimum absolute atomic E-state index is 0.0211. The van der Waals surface area contributed by atoms with Crippen molar-refractivity contribution in [1.82, 2.24) is 14.8 Å². The molecule has 10 heteroatoms. The fourth-order valence-electron chi connectivity index (χ4n) is 4.29. The molecule has 2 aromatic heterocycles. The number of hydrogen-bond donors (Lipinski definition) is 4. The fourth-order valence-corrected chi connectivity index (χ4v) is 5.10. The quantitative estimate of drug-likeness (QED) is 0.182. The van der Waals surface area contributed by atoms with Crippen molar-refractivity contribution in [1.29, 1.82) is 0 Å². The molecule has 38 heavy (non-hydrogen) atoms. The van der Waals surface area contributed by atoms with Crippen molar-refractivity contribution >= 4 is 44.0 Å². The Morgan fingerprint density at radius 2 is 1.79 bits per heavy atom. The Morgan fingerprint density at radius 3 is 2.61 bits per heavy atom. The minimum Gasteiger partial charge on any atom is -0.494 e. The van der Waals surface area contributed by atoms with Gasteiger partial charge in [-0.3, -0.25) is 4.79 Å². The van der Waals surface area contributed by atoms with Crippen LogP contribution in [0, 0.1) is 0 Å². The van der Waals surface area contributed by atoms with Crippen molar-refractivity contribution in [2.24, 2.45) is 0 Å². The van der Waals surface area contributed by atoms with Gasteiger partial charge in [-0.2, -0.15) is 0 Å². The monoisotopic (exact) mass is 538 g/mol. The number of pyridine rings is 1. The number of ether oxygens (including phenoxy) is 1. The first-order valence-electron chi connectivity index (χ1n) is 12.8. The molecule has 202 valence electrons. The number of thiophene rings is 1. The molecule has 2 heterocycles. The number of carbonyl (C=O) groups excluding carboxylic acids is 1. The predicted octanol–water partition coefficient (Wildman–Crippen LogP) is 3.33. The number of rotatable bonds is 14. The number of hydrogen-bond acceptors (Lipinski definition) is 8. The van der Waals surface area contributed by atoms with Crippen molar-refractivity contribution < 1.29 is 19.7 Å². The molecule has 4 rings (SSSR count). The second kappa shape index (κ2) is 13.9. The van der Waals surface area contributed by atoms with Crippen LogP contribution in [0.3, 0.4) is 0 Å². The van der Waals surface area contributed by atoms with E-state index in [4.69, 9.17) is 4.74 Å². The Bertz CT molecular complexity index is 1400. The third kappa shape index (κ3) is 6.90. The van der Waals surface area contributed by atoms with E-state index in [1.807, 2.05) is 12.1 Å². The van der Waals surface area contributed by atoms with Gasteiger partial charge in [0.15, 0.2) is 0 Å². The summed E-state index contributed by atoms with van der Waals surface area (Å²) in [5, 5.41) is 29.6. The summed E-state index contributed by atoms with van der Waals surface area (Å²) in [7, 11) is 0. The molecule has 0 saturated heterocycles. The zero-order chi connectivity index (χ0) is 26.7. The topological polar surface area (TPSA) is 116 Å². The number of nitrogens with one attached hydrogen (secondary N) is 2. The molecule has 0 aliphatic carbocycles. The molecule has 1 amide bonds. The molecule has 0 fully saturated rings. The smallest absolute Gasteiger partial charge is 0.331 e. The molecule has 0 unspecified atom stereocenters. The SMILES string of the molecule is O=C(N(CCO)CCO)n1c(=O)ccc2ccc(OCCCCNCCNc3cccc4sccc34)cc21. The molecule has 0 atom stereocenters. The standard InChI is InChI=1S/C28H34N4O5S/c33-16-14-31(15-17-34)28(36)32-25-20-22(8-6-21(25)7-9-27(32)35)37-18-2-1-11-29-12-13-30-24-4-3-5-26-23(24)10-19-38-26/h3-10,19-20,29-30,33-34H,1-2,11-18H2. The van der Waals surface area contributed by atoms with Crippen LogP contribution in [0.5, 0.6) is 5.75 Å². The number of benzene rings is 2. The molecule has 0 radical (unpaired) electrons. The number of unbranched alkanes of at least 4 members (excludes halogenated alkanes) is 1. The molecule has 0 aliphatic heterocycles. The number of aliphatic hydroxyl groups is 2. The summed E-state index contributed by atoms with van der Waals surface area (Å²) in [4.78, 5) is 26.8. The van der Waals surface area contributed by atoms with Gasteiger partial charge in [0.1, 0.15) is 5.75 Å². The predicted molar refractivity (Wildman–Crippen MR) is 153 cm³/mol. The molecule has 0 saturated carbocycles. The zero-order valence-electron chi connectivity index (χ0n) is 21.3. The lowest BCUT2D eigenvalue weighted by atomic mass is 10.2. The van der Waals surface area contributed by atoms with E-state index in [1.54, 1.807) is 23.5 Å². The van der Waals surface area contributed by atoms with Crippen molar-refractivity contribution in [3.05, 3.63) is 70.3 Å². The van der Waals surface area contributed by atoms with Gasteiger partial charge in [-0.1, -0.05) is 6.07 Å². The van der Waals surface area contributed by atoms with Gasteiger partial charge in [0.05, 0.1) is 25.3 Å². The van der Waals surface area contributed by atoms with Gasteiger partial charge < -0.3 is 30.5 Å². The van der Waals surface area contributed by atoms with Crippen LogP contribution in [0.15, 0.2) is 64.8 Å². The molecule has 0 aliphatic rings. The number of amides is 1. The second-order valence-corrected chi connectivity index (χ2v) is 9.76. The molecule has 0 bridgehead atoms. The normalized spacial score (nSPS) is 11.2. The number of anilines is 1. The van der Waals surface area contributed by atoms with E-state index in [9.17, 15) is 19.8 Å². The van der Waals surface area contributed by atoms with Crippen LogP contribution >= 0.6 is 11.3 Å². The number of nitrogens with zero attached hydrogens (tertiary/aromatic N) is 2. The summed E-state index contributed by atoms with van der Waals surface area (Å²) >= 11 is 1.75. The van der Waals surface area contributed by atoms with E-state index in [0.29, 0.717) is 23.3 Å². The molecular weight excluding hydrogens is 504 g/mol. The molecular formula is C28H34N4O5S. The molecule has 2 aromatic carbocycles. The highest BCUT2D eigenvalue weighted by atomic mass is 32.1. The van der Waals surface area contributed by atoms with Crippen LogP contribution in [0.4, 0.5) is 10.5 Å². The van der Waals surface area contributed by atoms with Crippen molar-refractivity contribution in [3.63, 3.8) is 0 Å². The summed E-state index contributed by atoms with van der Waals surface area (Å²) in [6, 6.07) is 16.2. The van der Waals surface area contributed by atoms with Crippen molar-refractivity contribution in [2.45, 2.75) is 12.8 Å². The van der Waals surface area contributed by atoms with Crippen LogP contribution in [-0.2, 0) is 0 Å².